The van der Waals surface area contributed by atoms with Crippen molar-refractivity contribution in [2.75, 3.05) is 6.54 Å². The minimum Gasteiger partial charge on any atom is -0.352 e. The molecule has 0 aliphatic heterocycles. The van der Waals surface area contributed by atoms with Gasteiger partial charge in [0.2, 0.25) is 5.91 Å². The van der Waals surface area contributed by atoms with Gasteiger partial charge in [-0.25, -0.2) is 8.78 Å². The summed E-state index contributed by atoms with van der Waals surface area (Å²) in [6.07, 6.45) is 12.4. The molecule has 1 N–H and O–H groups in total. The fourth-order valence-corrected chi connectivity index (χ4v) is 4.08. The summed E-state index contributed by atoms with van der Waals surface area (Å²) in [6, 6.07) is 16.6. The van der Waals surface area contributed by atoms with Gasteiger partial charge in [-0.3, -0.25) is 9.78 Å². The van der Waals surface area contributed by atoms with Crippen molar-refractivity contribution in [3.63, 3.8) is 0 Å². The molecule has 1 amide bonds. The van der Waals surface area contributed by atoms with Crippen LogP contribution in [0.1, 0.15) is 29.5 Å². The Hall–Kier alpha value is -3.60. The van der Waals surface area contributed by atoms with E-state index in [4.69, 9.17) is 0 Å². The van der Waals surface area contributed by atoms with Gasteiger partial charge in [0.05, 0.1) is 0 Å². The van der Waals surface area contributed by atoms with Crippen molar-refractivity contribution >= 4 is 12.0 Å². The molecule has 2 aromatic carbocycles. The van der Waals surface area contributed by atoms with E-state index in [9.17, 15) is 13.6 Å². The van der Waals surface area contributed by atoms with Gasteiger partial charge < -0.3 is 5.32 Å². The Kier molecular flexibility index (Phi) is 6.55. The van der Waals surface area contributed by atoms with Crippen LogP contribution in [0.5, 0.6) is 0 Å². The van der Waals surface area contributed by atoms with Crippen molar-refractivity contribution in [3.05, 3.63) is 120 Å². The molecule has 1 fully saturated rings. The molecule has 0 saturated heterocycles. The van der Waals surface area contributed by atoms with Crippen LogP contribution in [0.15, 0.2) is 91.3 Å². The lowest BCUT2D eigenvalue weighted by molar-refractivity contribution is -0.116. The van der Waals surface area contributed by atoms with Crippen molar-refractivity contribution < 1.29 is 13.6 Å². The summed E-state index contributed by atoms with van der Waals surface area (Å²) in [5.74, 6) is -0.672. The minimum absolute atomic E-state index is 0.0784. The second kappa shape index (κ2) is 9.69. The zero-order valence-electron chi connectivity index (χ0n) is 17.5. The number of nitrogens with zero attached hydrogens (tertiary/aromatic N) is 1. The molecule has 1 saturated carbocycles. The Morgan fingerprint density at radius 1 is 1.03 bits per heavy atom. The van der Waals surface area contributed by atoms with Gasteiger partial charge in [0, 0.05) is 24.4 Å². The van der Waals surface area contributed by atoms with Crippen LogP contribution in [0, 0.1) is 17.6 Å². The Balaban J connectivity index is 1.37. The van der Waals surface area contributed by atoms with Crippen LogP contribution in [0.25, 0.3) is 6.08 Å². The summed E-state index contributed by atoms with van der Waals surface area (Å²) >= 11 is 0. The number of carbonyl (C=O) groups is 1. The number of amides is 1. The van der Waals surface area contributed by atoms with Crippen molar-refractivity contribution in [1.29, 1.82) is 0 Å². The number of hydrogen-bond donors (Lipinski definition) is 1. The molecule has 5 heteroatoms. The summed E-state index contributed by atoms with van der Waals surface area (Å²) in [7, 11) is 0. The van der Waals surface area contributed by atoms with Crippen LogP contribution in [0.2, 0.25) is 0 Å². The lowest BCUT2D eigenvalue weighted by atomic mass is 9.85. The third kappa shape index (κ3) is 4.99. The highest BCUT2D eigenvalue weighted by molar-refractivity contribution is 5.87. The number of hydrogen-bond acceptors (Lipinski definition) is 2. The van der Waals surface area contributed by atoms with Crippen molar-refractivity contribution in [2.45, 2.75) is 18.3 Å². The number of rotatable bonds is 8. The average Bonchev–Trinajstić information content (AvgIpc) is 3.54. The number of pyridine rings is 1. The molecule has 0 radical (unpaired) electrons. The highest BCUT2D eigenvalue weighted by atomic mass is 19.1. The van der Waals surface area contributed by atoms with Crippen LogP contribution >= 0.6 is 0 Å². The van der Waals surface area contributed by atoms with Gasteiger partial charge in [0.15, 0.2) is 0 Å². The lowest BCUT2D eigenvalue weighted by Crippen LogP contribution is -2.21. The monoisotopic (exact) mass is 430 g/mol. The SMILES string of the molecule is O=C(/C=C/[C@@H]1CC1(c1ccc(F)cc1)c1ccc(F)cc1)NCC/C=C/c1cccnc1. The maximum atomic E-state index is 13.4. The first-order chi connectivity index (χ1) is 15.6. The van der Waals surface area contributed by atoms with E-state index >= 15 is 0 Å². The number of benzene rings is 2. The fraction of sp³-hybridized carbons (Fsp3) is 0.185. The molecule has 32 heavy (non-hydrogen) atoms. The highest BCUT2D eigenvalue weighted by Gasteiger charge is 2.55. The molecule has 1 aliphatic carbocycles. The molecule has 1 aromatic heterocycles. The summed E-state index contributed by atoms with van der Waals surface area (Å²) in [5.41, 5.74) is 2.57. The standard InChI is InChI=1S/C27H24F2N2O/c28-24-11-6-21(7-12-24)27(22-8-13-25(29)14-9-22)18-23(27)10-15-26(32)31-17-2-1-4-20-5-3-16-30-19-20/h1,3-16,19,23H,2,17-18H2,(H,31,32)/b4-1+,15-10+/t23-/m1/s1. The van der Waals surface area contributed by atoms with E-state index in [1.54, 1.807) is 42.7 Å². The first kappa shape index (κ1) is 21.6. The van der Waals surface area contributed by atoms with Gasteiger partial charge in [0.25, 0.3) is 0 Å². The molecular formula is C27H24F2N2O. The van der Waals surface area contributed by atoms with Crippen LogP contribution in [-0.4, -0.2) is 17.4 Å². The molecule has 0 unspecified atom stereocenters. The predicted molar refractivity (Wildman–Crippen MR) is 122 cm³/mol. The van der Waals surface area contributed by atoms with E-state index in [2.05, 4.69) is 10.3 Å². The van der Waals surface area contributed by atoms with Gasteiger partial charge >= 0.3 is 0 Å². The molecular weight excluding hydrogens is 406 g/mol. The first-order valence-electron chi connectivity index (χ1n) is 10.6. The van der Waals surface area contributed by atoms with Crippen molar-refractivity contribution in [1.82, 2.24) is 10.3 Å². The van der Waals surface area contributed by atoms with Crippen LogP contribution in [0.4, 0.5) is 8.78 Å². The third-order valence-electron chi connectivity index (χ3n) is 5.82. The first-order valence-corrected chi connectivity index (χ1v) is 10.6. The van der Waals surface area contributed by atoms with Crippen LogP contribution in [0.3, 0.4) is 0 Å². The maximum Gasteiger partial charge on any atom is 0.243 e. The van der Waals surface area contributed by atoms with E-state index in [0.717, 1.165) is 23.1 Å². The van der Waals surface area contributed by atoms with E-state index in [0.29, 0.717) is 13.0 Å². The zero-order chi connectivity index (χ0) is 22.4. The quantitative estimate of drug-likeness (QED) is 0.382. The highest BCUT2D eigenvalue weighted by Crippen LogP contribution is 2.59. The molecule has 3 nitrogen and oxygen atoms in total. The Morgan fingerprint density at radius 3 is 2.28 bits per heavy atom. The summed E-state index contributed by atoms with van der Waals surface area (Å²) in [4.78, 5) is 16.3. The second-order valence-electron chi connectivity index (χ2n) is 7.92. The Labute approximate surface area is 186 Å². The molecule has 4 rings (SSSR count). The van der Waals surface area contributed by atoms with Gasteiger partial charge in [-0.2, -0.15) is 0 Å². The number of aromatic nitrogens is 1. The molecule has 0 spiro atoms. The fourth-order valence-electron chi connectivity index (χ4n) is 4.08. The Bertz CT molecular complexity index is 1060. The van der Waals surface area contributed by atoms with Crippen molar-refractivity contribution in [3.8, 4) is 0 Å². The molecule has 0 bridgehead atoms. The van der Waals surface area contributed by atoms with Crippen LogP contribution in [-0.2, 0) is 10.2 Å². The third-order valence-corrected chi connectivity index (χ3v) is 5.82. The van der Waals surface area contributed by atoms with E-state index in [1.165, 1.54) is 24.3 Å². The van der Waals surface area contributed by atoms with E-state index < -0.39 is 0 Å². The van der Waals surface area contributed by atoms with E-state index in [1.807, 2.05) is 30.4 Å². The van der Waals surface area contributed by atoms with E-state index in [-0.39, 0.29) is 28.9 Å². The number of carbonyl (C=O) groups excluding carboxylic acids is 1. The Morgan fingerprint density at radius 2 is 1.69 bits per heavy atom. The normalized spacial score (nSPS) is 17.0. The summed E-state index contributed by atoms with van der Waals surface area (Å²) in [5, 5.41) is 2.88. The summed E-state index contributed by atoms with van der Waals surface area (Å²) in [6.45, 7) is 0.533. The smallest absolute Gasteiger partial charge is 0.243 e. The molecule has 162 valence electrons. The van der Waals surface area contributed by atoms with Gasteiger partial charge in [-0.05, 0) is 71.9 Å². The van der Waals surface area contributed by atoms with Gasteiger partial charge in [-0.15, -0.1) is 0 Å². The zero-order valence-corrected chi connectivity index (χ0v) is 17.5. The molecule has 1 atom stereocenters. The molecule has 1 aliphatic rings. The van der Waals surface area contributed by atoms with Gasteiger partial charge in [0.1, 0.15) is 11.6 Å². The van der Waals surface area contributed by atoms with Gasteiger partial charge in [-0.1, -0.05) is 48.6 Å². The van der Waals surface area contributed by atoms with Crippen molar-refractivity contribution in [2.24, 2.45) is 5.92 Å². The second-order valence-corrected chi connectivity index (χ2v) is 7.92. The topological polar surface area (TPSA) is 42.0 Å². The molecule has 3 aromatic rings. The number of halogens is 2. The minimum atomic E-state index is -0.370. The maximum absolute atomic E-state index is 13.4. The predicted octanol–water partition coefficient (Wildman–Crippen LogP) is 5.44. The summed E-state index contributed by atoms with van der Waals surface area (Å²) < 4.78 is 26.9. The largest absolute Gasteiger partial charge is 0.352 e. The lowest BCUT2D eigenvalue weighted by Gasteiger charge is -2.18. The number of nitrogens with one attached hydrogen (secondary N) is 1. The average molecular weight is 430 g/mol. The number of allylic oxidation sites excluding steroid dienone is 1. The molecule has 1 heterocycles. The van der Waals surface area contributed by atoms with Crippen LogP contribution < -0.4 is 5.32 Å².